The molecule has 0 unspecified atom stereocenters. The Balaban J connectivity index is 2.45. The molecule has 0 heterocycles. The van der Waals surface area contributed by atoms with Crippen LogP contribution in [-0.2, 0) is 10.0 Å². The number of sulfonamides is 1. The first-order valence-corrected chi connectivity index (χ1v) is 7.20. The highest BCUT2D eigenvalue weighted by Crippen LogP contribution is 2.22. The van der Waals surface area contributed by atoms with Gasteiger partial charge in [-0.1, -0.05) is 18.2 Å². The molecule has 0 aliphatic heterocycles. The first kappa shape index (κ1) is 14.0. The third kappa shape index (κ3) is 2.78. The van der Waals surface area contributed by atoms with Crippen LogP contribution in [0, 0.1) is 24.1 Å². The normalized spacial score (nSPS) is 10.8. The molecule has 2 aromatic rings. The molecule has 0 radical (unpaired) electrons. The van der Waals surface area contributed by atoms with Crippen LogP contribution in [0.2, 0.25) is 0 Å². The van der Waals surface area contributed by atoms with Crippen molar-refractivity contribution in [2.24, 2.45) is 0 Å². The summed E-state index contributed by atoms with van der Waals surface area (Å²) in [6.07, 6.45) is 0. The Bertz CT molecular complexity index is 795. The van der Waals surface area contributed by atoms with E-state index in [2.05, 4.69) is 4.72 Å². The number of benzene rings is 2. The summed E-state index contributed by atoms with van der Waals surface area (Å²) in [6, 6.07) is 11.5. The van der Waals surface area contributed by atoms with Gasteiger partial charge in [0.05, 0.1) is 16.1 Å². The molecule has 6 heteroatoms. The minimum absolute atomic E-state index is 0.0529. The lowest BCUT2D eigenvalue weighted by Gasteiger charge is -2.11. The standard InChI is InChI=1S/C14H11FN2O2S/c1-10-4-2-3-5-14(10)20(18,19)17-13-7-6-12(15)8-11(13)9-16/h2-8,17H,1H3. The SMILES string of the molecule is Cc1ccccc1S(=O)(=O)Nc1ccc(F)cc1C#N. The van der Waals surface area contributed by atoms with E-state index in [4.69, 9.17) is 5.26 Å². The second-order valence-corrected chi connectivity index (χ2v) is 5.82. The van der Waals surface area contributed by atoms with Gasteiger partial charge in [0.25, 0.3) is 10.0 Å². The van der Waals surface area contributed by atoms with Crippen molar-refractivity contribution >= 4 is 15.7 Å². The molecule has 0 saturated carbocycles. The highest BCUT2D eigenvalue weighted by atomic mass is 32.2. The second-order valence-electron chi connectivity index (χ2n) is 4.17. The fourth-order valence-corrected chi connectivity index (χ4v) is 3.08. The van der Waals surface area contributed by atoms with E-state index in [9.17, 15) is 12.8 Å². The predicted molar refractivity (Wildman–Crippen MR) is 73.1 cm³/mol. The highest BCUT2D eigenvalue weighted by molar-refractivity contribution is 7.92. The van der Waals surface area contributed by atoms with Crippen molar-refractivity contribution in [3.8, 4) is 6.07 Å². The number of halogens is 1. The third-order valence-corrected chi connectivity index (χ3v) is 4.26. The number of aryl methyl sites for hydroxylation is 1. The second kappa shape index (κ2) is 5.31. The molecule has 2 rings (SSSR count). The van der Waals surface area contributed by atoms with Crippen LogP contribution in [0.4, 0.5) is 10.1 Å². The zero-order chi connectivity index (χ0) is 14.8. The highest BCUT2D eigenvalue weighted by Gasteiger charge is 2.18. The maximum absolute atomic E-state index is 13.0. The molecule has 4 nitrogen and oxygen atoms in total. The number of anilines is 1. The van der Waals surface area contributed by atoms with Gasteiger partial charge in [0.15, 0.2) is 0 Å². The molecule has 1 N–H and O–H groups in total. The van der Waals surface area contributed by atoms with Crippen molar-refractivity contribution in [2.75, 3.05) is 4.72 Å². The summed E-state index contributed by atoms with van der Waals surface area (Å²) in [7, 11) is -3.81. The number of nitriles is 1. The molecular weight excluding hydrogens is 279 g/mol. The van der Waals surface area contributed by atoms with E-state index in [1.54, 1.807) is 31.2 Å². The van der Waals surface area contributed by atoms with Crippen LogP contribution >= 0.6 is 0 Å². The van der Waals surface area contributed by atoms with Crippen LogP contribution in [-0.4, -0.2) is 8.42 Å². The van der Waals surface area contributed by atoms with E-state index in [0.29, 0.717) is 5.56 Å². The molecule has 102 valence electrons. The van der Waals surface area contributed by atoms with Gasteiger partial charge < -0.3 is 0 Å². The van der Waals surface area contributed by atoms with Gasteiger partial charge >= 0.3 is 0 Å². The van der Waals surface area contributed by atoms with Crippen LogP contribution in [0.3, 0.4) is 0 Å². The summed E-state index contributed by atoms with van der Waals surface area (Å²) in [6.45, 7) is 1.67. The monoisotopic (exact) mass is 290 g/mol. The number of rotatable bonds is 3. The Hall–Kier alpha value is -2.39. The van der Waals surface area contributed by atoms with E-state index in [1.807, 2.05) is 0 Å². The lowest BCUT2D eigenvalue weighted by molar-refractivity contribution is 0.600. The quantitative estimate of drug-likeness (QED) is 0.945. The average molecular weight is 290 g/mol. The summed E-state index contributed by atoms with van der Waals surface area (Å²) >= 11 is 0. The number of nitrogens with zero attached hydrogens (tertiary/aromatic N) is 1. The van der Waals surface area contributed by atoms with Crippen molar-refractivity contribution in [2.45, 2.75) is 11.8 Å². The van der Waals surface area contributed by atoms with E-state index in [-0.39, 0.29) is 16.1 Å². The molecule has 0 fully saturated rings. The third-order valence-electron chi connectivity index (χ3n) is 2.73. The molecule has 0 aliphatic rings. The molecule has 2 aromatic carbocycles. The largest absolute Gasteiger partial charge is 0.278 e. The molecule has 0 bridgehead atoms. The van der Waals surface area contributed by atoms with Gasteiger partial charge in [-0.15, -0.1) is 0 Å². The Morgan fingerprint density at radius 1 is 1.20 bits per heavy atom. The van der Waals surface area contributed by atoms with E-state index >= 15 is 0 Å². The van der Waals surface area contributed by atoms with Gasteiger partial charge in [0.1, 0.15) is 11.9 Å². The van der Waals surface area contributed by atoms with E-state index in [1.165, 1.54) is 12.1 Å². The Morgan fingerprint density at radius 3 is 2.55 bits per heavy atom. The molecule has 0 saturated heterocycles. The van der Waals surface area contributed by atoms with Crippen LogP contribution in [0.25, 0.3) is 0 Å². The van der Waals surface area contributed by atoms with Crippen LogP contribution in [0.15, 0.2) is 47.4 Å². The number of hydrogen-bond donors (Lipinski definition) is 1. The van der Waals surface area contributed by atoms with Crippen molar-refractivity contribution in [3.63, 3.8) is 0 Å². The summed E-state index contributed by atoms with van der Waals surface area (Å²) in [5.74, 6) is -0.597. The Morgan fingerprint density at radius 2 is 1.90 bits per heavy atom. The zero-order valence-corrected chi connectivity index (χ0v) is 11.4. The molecular formula is C14H11FN2O2S. The molecule has 0 atom stereocenters. The van der Waals surface area contributed by atoms with Gasteiger partial charge in [-0.3, -0.25) is 4.72 Å². The fraction of sp³-hybridized carbons (Fsp3) is 0.0714. The van der Waals surface area contributed by atoms with Gasteiger partial charge in [0.2, 0.25) is 0 Å². The van der Waals surface area contributed by atoms with Crippen molar-refractivity contribution < 1.29 is 12.8 Å². The van der Waals surface area contributed by atoms with Crippen LogP contribution < -0.4 is 4.72 Å². The molecule has 20 heavy (non-hydrogen) atoms. The van der Waals surface area contributed by atoms with Gasteiger partial charge in [-0.05, 0) is 36.8 Å². The smallest absolute Gasteiger partial charge is 0.262 e. The van der Waals surface area contributed by atoms with Gasteiger partial charge in [0, 0.05) is 0 Å². The zero-order valence-electron chi connectivity index (χ0n) is 10.6. The minimum atomic E-state index is -3.81. The minimum Gasteiger partial charge on any atom is -0.278 e. The first-order chi connectivity index (χ1) is 9.44. The summed E-state index contributed by atoms with van der Waals surface area (Å²) in [5.41, 5.74) is 0.569. The Kier molecular flexibility index (Phi) is 3.72. The topological polar surface area (TPSA) is 70.0 Å². The molecule has 0 amide bonds. The average Bonchev–Trinajstić information content (AvgIpc) is 2.41. The number of nitrogens with one attached hydrogen (secondary N) is 1. The maximum atomic E-state index is 13.0. The van der Waals surface area contributed by atoms with E-state index < -0.39 is 15.8 Å². The van der Waals surface area contributed by atoms with Crippen LogP contribution in [0.1, 0.15) is 11.1 Å². The lowest BCUT2D eigenvalue weighted by Crippen LogP contribution is -2.15. The fourth-order valence-electron chi connectivity index (χ4n) is 1.76. The molecule has 0 aliphatic carbocycles. The maximum Gasteiger partial charge on any atom is 0.262 e. The first-order valence-electron chi connectivity index (χ1n) is 5.72. The van der Waals surface area contributed by atoms with E-state index in [0.717, 1.165) is 12.1 Å². The van der Waals surface area contributed by atoms with Gasteiger partial charge in [-0.25, -0.2) is 12.8 Å². The Labute approximate surface area is 116 Å². The number of hydrogen-bond acceptors (Lipinski definition) is 3. The van der Waals surface area contributed by atoms with Crippen molar-refractivity contribution in [3.05, 3.63) is 59.4 Å². The summed E-state index contributed by atoms with van der Waals surface area (Å²) < 4.78 is 39.9. The van der Waals surface area contributed by atoms with Crippen molar-refractivity contribution in [1.82, 2.24) is 0 Å². The summed E-state index contributed by atoms with van der Waals surface area (Å²) in [4.78, 5) is 0.119. The molecule has 0 aromatic heterocycles. The van der Waals surface area contributed by atoms with Crippen molar-refractivity contribution in [1.29, 1.82) is 5.26 Å². The summed E-state index contributed by atoms with van der Waals surface area (Å²) in [5, 5.41) is 8.91. The molecule has 0 spiro atoms. The van der Waals surface area contributed by atoms with Gasteiger partial charge in [-0.2, -0.15) is 5.26 Å². The lowest BCUT2D eigenvalue weighted by atomic mass is 10.2. The van der Waals surface area contributed by atoms with Crippen LogP contribution in [0.5, 0.6) is 0 Å². The predicted octanol–water partition coefficient (Wildman–Crippen LogP) is 2.81.